The molecule has 0 aliphatic carbocycles. The zero-order valence-corrected chi connectivity index (χ0v) is 15.3. The number of benzene rings is 2. The molecule has 5 heteroatoms. The minimum atomic E-state index is 0.189. The first-order chi connectivity index (χ1) is 11.7. The average Bonchev–Trinajstić information content (AvgIpc) is 2.62. The van der Waals surface area contributed by atoms with Gasteiger partial charge in [-0.25, -0.2) is 0 Å². The van der Waals surface area contributed by atoms with Crippen molar-refractivity contribution in [2.45, 2.75) is 6.42 Å². The molecule has 0 spiro atoms. The van der Waals surface area contributed by atoms with Gasteiger partial charge in [-0.05, 0) is 35.9 Å². The number of carbonyl (C=O) groups excluding carboxylic acids is 1. The van der Waals surface area contributed by atoms with Crippen LogP contribution in [0.3, 0.4) is 0 Å². The third-order valence-corrected chi connectivity index (χ3v) is 4.81. The quantitative estimate of drug-likeness (QED) is 0.804. The average molecular weight is 389 g/mol. The van der Waals surface area contributed by atoms with Gasteiger partial charge in [0, 0.05) is 36.3 Å². The van der Waals surface area contributed by atoms with E-state index in [-0.39, 0.29) is 5.91 Å². The molecule has 2 aromatic rings. The number of amides is 1. The second kappa shape index (κ2) is 7.71. The lowest BCUT2D eigenvalue weighted by Gasteiger charge is -2.36. The van der Waals surface area contributed by atoms with Crippen molar-refractivity contribution in [3.05, 3.63) is 58.6 Å². The molecule has 1 aliphatic heterocycles. The third-order valence-electron chi connectivity index (χ3n) is 4.32. The molecule has 3 rings (SSSR count). The van der Waals surface area contributed by atoms with E-state index < -0.39 is 0 Å². The molecule has 0 aromatic heterocycles. The van der Waals surface area contributed by atoms with Crippen LogP contribution in [0.4, 0.5) is 5.69 Å². The fraction of sp³-hybridized carbons (Fsp3) is 0.316. The maximum atomic E-state index is 12.5. The topological polar surface area (TPSA) is 32.8 Å². The Morgan fingerprint density at radius 3 is 2.42 bits per heavy atom. The predicted octanol–water partition coefficient (Wildman–Crippen LogP) is 3.35. The molecule has 1 amide bonds. The Labute approximate surface area is 151 Å². The van der Waals surface area contributed by atoms with Gasteiger partial charge in [0.15, 0.2) is 0 Å². The molecule has 2 aromatic carbocycles. The number of halogens is 1. The third kappa shape index (κ3) is 4.09. The fourth-order valence-electron chi connectivity index (χ4n) is 2.92. The largest absolute Gasteiger partial charge is 0.497 e. The second-order valence-electron chi connectivity index (χ2n) is 5.87. The highest BCUT2D eigenvalue weighted by atomic mass is 79.9. The summed E-state index contributed by atoms with van der Waals surface area (Å²) in [7, 11) is 1.64. The molecule has 1 fully saturated rings. The summed E-state index contributed by atoms with van der Waals surface area (Å²) in [5.74, 6) is 1.00. The number of hydrogen-bond acceptors (Lipinski definition) is 3. The van der Waals surface area contributed by atoms with Gasteiger partial charge in [-0.3, -0.25) is 4.79 Å². The van der Waals surface area contributed by atoms with E-state index in [1.54, 1.807) is 7.11 Å². The van der Waals surface area contributed by atoms with Crippen LogP contribution in [0.5, 0.6) is 5.75 Å². The van der Waals surface area contributed by atoms with E-state index in [0.29, 0.717) is 6.42 Å². The summed E-state index contributed by atoms with van der Waals surface area (Å²) >= 11 is 3.51. The number of ether oxygens (including phenoxy) is 1. The Hall–Kier alpha value is -2.01. The van der Waals surface area contributed by atoms with Gasteiger partial charge >= 0.3 is 0 Å². The van der Waals surface area contributed by atoms with Crippen molar-refractivity contribution in [3.63, 3.8) is 0 Å². The van der Waals surface area contributed by atoms with E-state index in [2.05, 4.69) is 33.0 Å². The maximum Gasteiger partial charge on any atom is 0.227 e. The standard InChI is InChI=1S/C19H21BrN2O2/c1-24-18-7-5-15(6-8-18)13-19(23)22-11-9-21(10-12-22)17-4-2-3-16(20)14-17/h2-8,14H,9-13H2,1H3. The molecule has 4 nitrogen and oxygen atoms in total. The van der Waals surface area contributed by atoms with Gasteiger partial charge in [-0.2, -0.15) is 0 Å². The normalized spacial score (nSPS) is 14.6. The molecule has 0 radical (unpaired) electrons. The Bertz CT molecular complexity index is 695. The summed E-state index contributed by atoms with van der Waals surface area (Å²) in [5.41, 5.74) is 2.22. The molecule has 24 heavy (non-hydrogen) atoms. The lowest BCUT2D eigenvalue weighted by atomic mass is 10.1. The Kier molecular flexibility index (Phi) is 5.41. The van der Waals surface area contributed by atoms with Crippen molar-refractivity contribution < 1.29 is 9.53 Å². The highest BCUT2D eigenvalue weighted by molar-refractivity contribution is 9.10. The van der Waals surface area contributed by atoms with Gasteiger partial charge in [-0.1, -0.05) is 34.1 Å². The fourth-order valence-corrected chi connectivity index (χ4v) is 3.30. The first kappa shape index (κ1) is 16.8. The van der Waals surface area contributed by atoms with Gasteiger partial charge in [0.2, 0.25) is 5.91 Å². The Morgan fingerprint density at radius 2 is 1.79 bits per heavy atom. The molecule has 1 heterocycles. The molecule has 1 aliphatic rings. The molecule has 1 saturated heterocycles. The summed E-state index contributed by atoms with van der Waals surface area (Å²) in [4.78, 5) is 16.8. The van der Waals surface area contributed by atoms with Crippen LogP contribution in [0.25, 0.3) is 0 Å². The van der Waals surface area contributed by atoms with E-state index in [1.807, 2.05) is 41.3 Å². The smallest absolute Gasteiger partial charge is 0.227 e. The zero-order valence-electron chi connectivity index (χ0n) is 13.7. The molecule has 0 atom stereocenters. The number of carbonyl (C=O) groups is 1. The SMILES string of the molecule is COc1ccc(CC(=O)N2CCN(c3cccc(Br)c3)CC2)cc1. The van der Waals surface area contributed by atoms with Crippen LogP contribution in [0.1, 0.15) is 5.56 Å². The second-order valence-corrected chi connectivity index (χ2v) is 6.79. The maximum absolute atomic E-state index is 12.5. The van der Waals surface area contributed by atoms with Crippen molar-refractivity contribution in [2.24, 2.45) is 0 Å². The van der Waals surface area contributed by atoms with Crippen molar-refractivity contribution in [2.75, 3.05) is 38.2 Å². The van der Waals surface area contributed by atoms with Crippen molar-refractivity contribution >= 4 is 27.5 Å². The van der Waals surface area contributed by atoms with Crippen LogP contribution in [0, 0.1) is 0 Å². The first-order valence-corrected chi connectivity index (χ1v) is 8.86. The molecule has 0 bridgehead atoms. The molecular formula is C19H21BrN2O2. The number of nitrogens with zero attached hydrogens (tertiary/aromatic N) is 2. The Morgan fingerprint density at radius 1 is 1.08 bits per heavy atom. The molecule has 0 N–H and O–H groups in total. The van der Waals surface area contributed by atoms with E-state index >= 15 is 0 Å². The summed E-state index contributed by atoms with van der Waals surface area (Å²) < 4.78 is 6.23. The summed E-state index contributed by atoms with van der Waals surface area (Å²) in [6.07, 6.45) is 0.445. The van der Waals surface area contributed by atoms with E-state index in [1.165, 1.54) is 5.69 Å². The van der Waals surface area contributed by atoms with Crippen LogP contribution < -0.4 is 9.64 Å². The number of rotatable bonds is 4. The first-order valence-electron chi connectivity index (χ1n) is 8.07. The van der Waals surface area contributed by atoms with Gasteiger partial charge in [0.25, 0.3) is 0 Å². The number of methoxy groups -OCH3 is 1. The van der Waals surface area contributed by atoms with Gasteiger partial charge in [-0.15, -0.1) is 0 Å². The van der Waals surface area contributed by atoms with Gasteiger partial charge in [0.1, 0.15) is 5.75 Å². The minimum Gasteiger partial charge on any atom is -0.497 e. The number of hydrogen-bond donors (Lipinski definition) is 0. The minimum absolute atomic E-state index is 0.189. The molecule has 126 valence electrons. The van der Waals surface area contributed by atoms with E-state index in [4.69, 9.17) is 4.74 Å². The number of piperazine rings is 1. The van der Waals surface area contributed by atoms with Gasteiger partial charge < -0.3 is 14.5 Å². The lowest BCUT2D eigenvalue weighted by Crippen LogP contribution is -2.49. The zero-order chi connectivity index (χ0) is 16.9. The van der Waals surface area contributed by atoms with Crippen LogP contribution in [0.15, 0.2) is 53.0 Å². The van der Waals surface area contributed by atoms with Crippen molar-refractivity contribution in [1.82, 2.24) is 4.90 Å². The van der Waals surface area contributed by atoms with Crippen LogP contribution >= 0.6 is 15.9 Å². The van der Waals surface area contributed by atoms with Crippen LogP contribution in [0.2, 0.25) is 0 Å². The van der Waals surface area contributed by atoms with E-state index in [9.17, 15) is 4.79 Å². The van der Waals surface area contributed by atoms with E-state index in [0.717, 1.165) is 42.0 Å². The molecule has 0 unspecified atom stereocenters. The summed E-state index contributed by atoms with van der Waals surface area (Å²) in [6.45, 7) is 3.26. The predicted molar refractivity (Wildman–Crippen MR) is 99.6 cm³/mol. The summed E-state index contributed by atoms with van der Waals surface area (Å²) in [5, 5.41) is 0. The lowest BCUT2D eigenvalue weighted by molar-refractivity contribution is -0.130. The van der Waals surface area contributed by atoms with Gasteiger partial charge in [0.05, 0.1) is 13.5 Å². The van der Waals surface area contributed by atoms with Crippen molar-refractivity contribution in [1.29, 1.82) is 0 Å². The highest BCUT2D eigenvalue weighted by Gasteiger charge is 2.21. The van der Waals surface area contributed by atoms with Crippen LogP contribution in [-0.2, 0) is 11.2 Å². The van der Waals surface area contributed by atoms with Crippen molar-refractivity contribution in [3.8, 4) is 5.75 Å². The van der Waals surface area contributed by atoms with Crippen LogP contribution in [-0.4, -0.2) is 44.1 Å². The Balaban J connectivity index is 1.54. The summed E-state index contributed by atoms with van der Waals surface area (Å²) in [6, 6.07) is 16.0. The molecular weight excluding hydrogens is 368 g/mol. The molecule has 0 saturated carbocycles. The highest BCUT2D eigenvalue weighted by Crippen LogP contribution is 2.21. The monoisotopic (exact) mass is 388 g/mol. The number of anilines is 1.